The molecule has 2 rings (SSSR count). The Hall–Kier alpha value is -1.32. The van der Waals surface area contributed by atoms with Crippen LogP contribution in [0.5, 0.6) is 0 Å². The molecule has 1 aromatic rings. The van der Waals surface area contributed by atoms with Crippen LogP contribution in [0, 0.1) is 12.8 Å². The highest BCUT2D eigenvalue weighted by atomic mass is 16.2. The van der Waals surface area contributed by atoms with Gasteiger partial charge in [-0.25, -0.2) is 0 Å². The summed E-state index contributed by atoms with van der Waals surface area (Å²) in [6.45, 7) is 5.88. The van der Waals surface area contributed by atoms with Gasteiger partial charge in [-0.3, -0.25) is 9.48 Å². The van der Waals surface area contributed by atoms with Gasteiger partial charge in [-0.05, 0) is 31.7 Å². The zero-order chi connectivity index (χ0) is 11.7. The van der Waals surface area contributed by atoms with Gasteiger partial charge in [0, 0.05) is 20.1 Å². The Morgan fingerprint density at radius 2 is 2.31 bits per heavy atom. The van der Waals surface area contributed by atoms with Crippen LogP contribution in [0.4, 0.5) is 0 Å². The molecule has 4 nitrogen and oxygen atoms in total. The number of carbonyl (C=O) groups is 1. The first-order valence-electron chi connectivity index (χ1n) is 5.88. The molecule has 1 aliphatic rings. The molecule has 0 bridgehead atoms. The second-order valence-electron chi connectivity index (χ2n) is 4.79. The zero-order valence-corrected chi connectivity index (χ0v) is 10.2. The Morgan fingerprint density at radius 1 is 1.56 bits per heavy atom. The molecule has 0 saturated carbocycles. The minimum atomic E-state index is 0.120. The van der Waals surface area contributed by atoms with Crippen LogP contribution in [-0.2, 0) is 7.05 Å². The summed E-state index contributed by atoms with van der Waals surface area (Å²) < 4.78 is 1.68. The topological polar surface area (TPSA) is 38.1 Å². The Morgan fingerprint density at radius 3 is 2.88 bits per heavy atom. The molecule has 1 aliphatic heterocycles. The molecular weight excluding hydrogens is 202 g/mol. The van der Waals surface area contributed by atoms with Crippen LogP contribution < -0.4 is 0 Å². The van der Waals surface area contributed by atoms with E-state index in [0.717, 1.165) is 25.2 Å². The van der Waals surface area contributed by atoms with Crippen molar-refractivity contribution >= 4 is 5.91 Å². The lowest BCUT2D eigenvalue weighted by atomic mass is 10.00. The van der Waals surface area contributed by atoms with E-state index in [1.165, 1.54) is 6.42 Å². The van der Waals surface area contributed by atoms with Crippen molar-refractivity contribution in [1.82, 2.24) is 14.7 Å². The van der Waals surface area contributed by atoms with Gasteiger partial charge in [0.1, 0.15) is 5.69 Å². The standard InChI is InChI=1S/C12H19N3O/c1-9-5-4-6-15(8-9)12(16)11-7-10(2)13-14(11)3/h7,9H,4-6,8H2,1-3H3/t9-/m0/s1. The summed E-state index contributed by atoms with van der Waals surface area (Å²) in [5, 5.41) is 4.22. The van der Waals surface area contributed by atoms with Gasteiger partial charge >= 0.3 is 0 Å². The van der Waals surface area contributed by atoms with E-state index >= 15 is 0 Å². The number of likely N-dealkylation sites (tertiary alicyclic amines) is 1. The monoisotopic (exact) mass is 221 g/mol. The molecule has 1 saturated heterocycles. The van der Waals surface area contributed by atoms with Crippen molar-refractivity contribution < 1.29 is 4.79 Å². The highest BCUT2D eigenvalue weighted by molar-refractivity contribution is 5.92. The number of carbonyl (C=O) groups excluding carboxylic acids is 1. The number of hydrogen-bond acceptors (Lipinski definition) is 2. The number of piperidine rings is 1. The fourth-order valence-corrected chi connectivity index (χ4v) is 2.35. The second kappa shape index (κ2) is 4.28. The van der Waals surface area contributed by atoms with E-state index in [1.807, 2.05) is 24.9 Å². The Bertz CT molecular complexity index is 397. The maximum atomic E-state index is 12.2. The predicted octanol–water partition coefficient (Wildman–Crippen LogP) is 1.60. The van der Waals surface area contributed by atoms with Crippen molar-refractivity contribution in [2.45, 2.75) is 26.7 Å². The first kappa shape index (κ1) is 11.2. The first-order valence-corrected chi connectivity index (χ1v) is 5.88. The molecule has 2 heterocycles. The molecule has 1 aromatic heterocycles. The number of nitrogens with zero attached hydrogens (tertiary/aromatic N) is 3. The van der Waals surface area contributed by atoms with E-state index in [-0.39, 0.29) is 5.91 Å². The van der Waals surface area contributed by atoms with E-state index < -0.39 is 0 Å². The van der Waals surface area contributed by atoms with E-state index in [9.17, 15) is 4.79 Å². The van der Waals surface area contributed by atoms with Gasteiger partial charge in [0.25, 0.3) is 5.91 Å². The number of hydrogen-bond donors (Lipinski definition) is 0. The summed E-state index contributed by atoms with van der Waals surface area (Å²) in [6.07, 6.45) is 2.35. The Kier molecular flexibility index (Phi) is 2.99. The predicted molar refractivity (Wildman–Crippen MR) is 62.2 cm³/mol. The number of aryl methyl sites for hydroxylation is 2. The lowest BCUT2D eigenvalue weighted by molar-refractivity contribution is 0.0672. The highest BCUT2D eigenvalue weighted by Crippen LogP contribution is 2.17. The molecule has 0 radical (unpaired) electrons. The van der Waals surface area contributed by atoms with Gasteiger partial charge in [0.2, 0.25) is 0 Å². The maximum Gasteiger partial charge on any atom is 0.272 e. The molecule has 0 aromatic carbocycles. The molecule has 1 atom stereocenters. The zero-order valence-electron chi connectivity index (χ0n) is 10.2. The Balaban J connectivity index is 2.15. The van der Waals surface area contributed by atoms with E-state index in [1.54, 1.807) is 4.68 Å². The SMILES string of the molecule is Cc1cc(C(=O)N2CCC[C@H](C)C2)n(C)n1. The van der Waals surface area contributed by atoms with Crippen molar-refractivity contribution in [3.05, 3.63) is 17.5 Å². The minimum absolute atomic E-state index is 0.120. The maximum absolute atomic E-state index is 12.2. The van der Waals surface area contributed by atoms with Crippen molar-refractivity contribution in [3.8, 4) is 0 Å². The van der Waals surface area contributed by atoms with Gasteiger partial charge in [-0.1, -0.05) is 6.92 Å². The van der Waals surface area contributed by atoms with Crippen molar-refractivity contribution in [2.75, 3.05) is 13.1 Å². The van der Waals surface area contributed by atoms with E-state index in [0.29, 0.717) is 11.6 Å². The smallest absolute Gasteiger partial charge is 0.272 e. The molecule has 0 aliphatic carbocycles. The fourth-order valence-electron chi connectivity index (χ4n) is 2.35. The summed E-state index contributed by atoms with van der Waals surface area (Å²) >= 11 is 0. The number of aromatic nitrogens is 2. The lowest BCUT2D eigenvalue weighted by Gasteiger charge is -2.30. The van der Waals surface area contributed by atoms with Crippen molar-refractivity contribution in [3.63, 3.8) is 0 Å². The van der Waals surface area contributed by atoms with Crippen LogP contribution >= 0.6 is 0 Å². The molecule has 0 unspecified atom stereocenters. The fraction of sp³-hybridized carbons (Fsp3) is 0.667. The molecule has 88 valence electrons. The summed E-state index contributed by atoms with van der Waals surface area (Å²) in [5.74, 6) is 0.738. The molecule has 0 N–H and O–H groups in total. The van der Waals surface area contributed by atoms with Crippen LogP contribution in [0.3, 0.4) is 0 Å². The average Bonchev–Trinajstić information content (AvgIpc) is 2.57. The van der Waals surface area contributed by atoms with E-state index in [4.69, 9.17) is 0 Å². The molecular formula is C12H19N3O. The summed E-state index contributed by atoms with van der Waals surface area (Å²) in [7, 11) is 1.83. The van der Waals surface area contributed by atoms with Gasteiger partial charge in [0.05, 0.1) is 5.69 Å². The third-order valence-electron chi connectivity index (χ3n) is 3.17. The van der Waals surface area contributed by atoms with Crippen molar-refractivity contribution in [1.29, 1.82) is 0 Å². The summed E-state index contributed by atoms with van der Waals surface area (Å²) in [4.78, 5) is 14.2. The highest BCUT2D eigenvalue weighted by Gasteiger charge is 2.24. The van der Waals surface area contributed by atoms with Crippen LogP contribution in [0.1, 0.15) is 35.9 Å². The van der Waals surface area contributed by atoms with Crippen LogP contribution in [0.2, 0.25) is 0 Å². The lowest BCUT2D eigenvalue weighted by Crippen LogP contribution is -2.39. The van der Waals surface area contributed by atoms with E-state index in [2.05, 4.69) is 12.0 Å². The molecule has 1 fully saturated rings. The van der Waals surface area contributed by atoms with Gasteiger partial charge < -0.3 is 4.90 Å². The van der Waals surface area contributed by atoms with Gasteiger partial charge in [0.15, 0.2) is 0 Å². The van der Waals surface area contributed by atoms with Crippen molar-refractivity contribution in [2.24, 2.45) is 13.0 Å². The van der Waals surface area contributed by atoms with Gasteiger partial charge in [-0.15, -0.1) is 0 Å². The van der Waals surface area contributed by atoms with Crippen LogP contribution in [-0.4, -0.2) is 33.7 Å². The second-order valence-corrected chi connectivity index (χ2v) is 4.79. The summed E-state index contributed by atoms with van der Waals surface area (Å²) in [5.41, 5.74) is 1.60. The third kappa shape index (κ3) is 2.10. The number of amides is 1. The minimum Gasteiger partial charge on any atom is -0.337 e. The first-order chi connectivity index (χ1) is 7.58. The van der Waals surface area contributed by atoms with Crippen LogP contribution in [0.25, 0.3) is 0 Å². The summed E-state index contributed by atoms with van der Waals surface area (Å²) in [6, 6.07) is 1.86. The molecule has 0 spiro atoms. The quantitative estimate of drug-likeness (QED) is 0.722. The molecule has 16 heavy (non-hydrogen) atoms. The largest absolute Gasteiger partial charge is 0.337 e. The molecule has 1 amide bonds. The van der Waals surface area contributed by atoms with Crippen LogP contribution in [0.15, 0.2) is 6.07 Å². The average molecular weight is 221 g/mol. The Labute approximate surface area is 96.2 Å². The van der Waals surface area contributed by atoms with Gasteiger partial charge in [-0.2, -0.15) is 5.10 Å². The normalized spacial score (nSPS) is 21.2. The molecule has 4 heteroatoms. The number of rotatable bonds is 1. The third-order valence-corrected chi connectivity index (χ3v) is 3.17.